The van der Waals surface area contributed by atoms with E-state index in [9.17, 15) is 4.79 Å². The van der Waals surface area contributed by atoms with Gasteiger partial charge < -0.3 is 15.7 Å². The third-order valence-corrected chi connectivity index (χ3v) is 2.25. The van der Waals surface area contributed by atoms with E-state index in [2.05, 4.69) is 10.6 Å². The maximum atomic E-state index is 11.2. The Bertz CT molecular complexity index is 156. The van der Waals surface area contributed by atoms with Gasteiger partial charge in [-0.1, -0.05) is 0 Å². The highest BCUT2D eigenvalue weighted by Crippen LogP contribution is 2.07. The second-order valence-electron chi connectivity index (χ2n) is 3.42. The number of aliphatic hydroxyl groups is 1. The van der Waals surface area contributed by atoms with Crippen LogP contribution in [0.2, 0.25) is 0 Å². The number of rotatable bonds is 5. The molecule has 0 radical (unpaired) electrons. The Hall–Kier alpha value is -0.610. The minimum atomic E-state index is 0.0906. The summed E-state index contributed by atoms with van der Waals surface area (Å²) >= 11 is 0. The van der Waals surface area contributed by atoms with Gasteiger partial charge in [0.05, 0.1) is 0 Å². The van der Waals surface area contributed by atoms with Gasteiger partial charge in [0.25, 0.3) is 0 Å². The number of carbonyl (C=O) groups is 1. The highest BCUT2D eigenvalue weighted by molar-refractivity contribution is 5.76. The van der Waals surface area contributed by atoms with Crippen LogP contribution in [0, 0.1) is 0 Å². The van der Waals surface area contributed by atoms with E-state index >= 15 is 0 Å². The first-order valence-corrected chi connectivity index (χ1v) is 4.94. The standard InChI is InChI=1S/C9H18N2O2/c12-6-2-5-11-9(13)7-8-3-1-4-10-8/h8,10,12H,1-7H2,(H,11,13). The van der Waals surface area contributed by atoms with E-state index in [0.717, 1.165) is 13.0 Å². The van der Waals surface area contributed by atoms with Crippen LogP contribution in [0.4, 0.5) is 0 Å². The van der Waals surface area contributed by atoms with Gasteiger partial charge in [-0.05, 0) is 25.8 Å². The molecule has 13 heavy (non-hydrogen) atoms. The monoisotopic (exact) mass is 186 g/mol. The van der Waals surface area contributed by atoms with Crippen molar-refractivity contribution in [3.63, 3.8) is 0 Å². The van der Waals surface area contributed by atoms with Crippen molar-refractivity contribution in [2.45, 2.75) is 31.7 Å². The Kier molecular flexibility index (Phi) is 4.78. The lowest BCUT2D eigenvalue weighted by atomic mass is 10.1. The molecule has 1 aliphatic rings. The first-order valence-electron chi connectivity index (χ1n) is 4.94. The average molecular weight is 186 g/mol. The van der Waals surface area contributed by atoms with Crippen molar-refractivity contribution in [2.24, 2.45) is 0 Å². The lowest BCUT2D eigenvalue weighted by Crippen LogP contribution is -2.32. The first kappa shape index (κ1) is 10.5. The van der Waals surface area contributed by atoms with Crippen molar-refractivity contribution in [3.05, 3.63) is 0 Å². The minimum absolute atomic E-state index is 0.0906. The molecule has 1 amide bonds. The van der Waals surface area contributed by atoms with Gasteiger partial charge in [0.1, 0.15) is 0 Å². The van der Waals surface area contributed by atoms with Crippen LogP contribution in [0.5, 0.6) is 0 Å². The smallest absolute Gasteiger partial charge is 0.221 e. The topological polar surface area (TPSA) is 61.4 Å². The van der Waals surface area contributed by atoms with Crippen molar-refractivity contribution in [1.82, 2.24) is 10.6 Å². The molecule has 0 aromatic rings. The molecule has 4 nitrogen and oxygen atoms in total. The summed E-state index contributed by atoms with van der Waals surface area (Å²) in [5.41, 5.74) is 0. The summed E-state index contributed by atoms with van der Waals surface area (Å²) in [5, 5.41) is 14.5. The van der Waals surface area contributed by atoms with Crippen LogP contribution >= 0.6 is 0 Å². The van der Waals surface area contributed by atoms with Crippen molar-refractivity contribution >= 4 is 5.91 Å². The second kappa shape index (κ2) is 5.94. The molecule has 0 aliphatic carbocycles. The molecule has 1 saturated heterocycles. The summed E-state index contributed by atoms with van der Waals surface area (Å²) in [6, 6.07) is 0.370. The Morgan fingerprint density at radius 1 is 1.62 bits per heavy atom. The molecule has 0 saturated carbocycles. The van der Waals surface area contributed by atoms with Gasteiger partial charge in [0.15, 0.2) is 0 Å². The quantitative estimate of drug-likeness (QED) is 0.513. The lowest BCUT2D eigenvalue weighted by molar-refractivity contribution is -0.121. The van der Waals surface area contributed by atoms with Gasteiger partial charge in [0.2, 0.25) is 5.91 Å². The molecule has 4 heteroatoms. The summed E-state index contributed by atoms with van der Waals surface area (Å²) in [6.07, 6.45) is 3.50. The third kappa shape index (κ3) is 4.24. The van der Waals surface area contributed by atoms with Gasteiger partial charge in [-0.25, -0.2) is 0 Å². The predicted molar refractivity (Wildman–Crippen MR) is 50.4 cm³/mol. The maximum absolute atomic E-state index is 11.2. The number of hydrogen-bond donors (Lipinski definition) is 3. The van der Waals surface area contributed by atoms with Crippen LogP contribution in [0.3, 0.4) is 0 Å². The number of carbonyl (C=O) groups excluding carboxylic acids is 1. The summed E-state index contributed by atoms with van der Waals surface area (Å²) in [5.74, 6) is 0.0906. The SMILES string of the molecule is O=C(CC1CCCN1)NCCCO. The fourth-order valence-corrected chi connectivity index (χ4v) is 1.53. The highest BCUT2D eigenvalue weighted by atomic mass is 16.3. The number of amides is 1. The van der Waals surface area contributed by atoms with Crippen molar-refractivity contribution in [3.8, 4) is 0 Å². The number of hydrogen-bond acceptors (Lipinski definition) is 3. The zero-order valence-electron chi connectivity index (χ0n) is 7.88. The lowest BCUT2D eigenvalue weighted by Gasteiger charge is -2.09. The first-order chi connectivity index (χ1) is 6.33. The van der Waals surface area contributed by atoms with Crippen LogP contribution in [0.25, 0.3) is 0 Å². The third-order valence-electron chi connectivity index (χ3n) is 2.25. The highest BCUT2D eigenvalue weighted by Gasteiger charge is 2.16. The molecular formula is C9H18N2O2. The molecule has 1 unspecified atom stereocenters. The largest absolute Gasteiger partial charge is 0.396 e. The fraction of sp³-hybridized carbons (Fsp3) is 0.889. The summed E-state index contributed by atoms with van der Waals surface area (Å²) in [7, 11) is 0. The van der Waals surface area contributed by atoms with Crippen molar-refractivity contribution < 1.29 is 9.90 Å². The van der Waals surface area contributed by atoms with Gasteiger partial charge >= 0.3 is 0 Å². The van der Waals surface area contributed by atoms with Gasteiger partial charge in [-0.15, -0.1) is 0 Å². The summed E-state index contributed by atoms with van der Waals surface area (Å²) in [4.78, 5) is 11.2. The molecule has 76 valence electrons. The van der Waals surface area contributed by atoms with E-state index in [1.165, 1.54) is 6.42 Å². The van der Waals surface area contributed by atoms with Crippen LogP contribution in [0.15, 0.2) is 0 Å². The second-order valence-corrected chi connectivity index (χ2v) is 3.42. The Morgan fingerprint density at radius 3 is 3.08 bits per heavy atom. The van der Waals surface area contributed by atoms with E-state index < -0.39 is 0 Å². The fourth-order valence-electron chi connectivity index (χ4n) is 1.53. The molecular weight excluding hydrogens is 168 g/mol. The Balaban J connectivity index is 2.02. The zero-order chi connectivity index (χ0) is 9.52. The average Bonchev–Trinajstić information content (AvgIpc) is 2.57. The van der Waals surface area contributed by atoms with Crippen LogP contribution in [0.1, 0.15) is 25.7 Å². The van der Waals surface area contributed by atoms with Gasteiger partial charge in [-0.3, -0.25) is 4.79 Å². The van der Waals surface area contributed by atoms with Crippen LogP contribution in [-0.2, 0) is 4.79 Å². The summed E-state index contributed by atoms with van der Waals surface area (Å²) < 4.78 is 0. The molecule has 1 fully saturated rings. The van der Waals surface area contributed by atoms with Crippen molar-refractivity contribution in [2.75, 3.05) is 19.7 Å². The molecule has 1 aliphatic heterocycles. The molecule has 1 rings (SSSR count). The van der Waals surface area contributed by atoms with E-state index in [0.29, 0.717) is 25.4 Å². The molecule has 1 atom stereocenters. The zero-order valence-corrected chi connectivity index (χ0v) is 7.88. The molecule has 0 bridgehead atoms. The minimum Gasteiger partial charge on any atom is -0.396 e. The van der Waals surface area contributed by atoms with Crippen molar-refractivity contribution in [1.29, 1.82) is 0 Å². The van der Waals surface area contributed by atoms with E-state index in [1.807, 2.05) is 0 Å². The van der Waals surface area contributed by atoms with Gasteiger partial charge in [0, 0.05) is 25.6 Å². The molecule has 1 heterocycles. The van der Waals surface area contributed by atoms with Gasteiger partial charge in [-0.2, -0.15) is 0 Å². The predicted octanol–water partition coefficient (Wildman–Crippen LogP) is -0.373. The maximum Gasteiger partial charge on any atom is 0.221 e. The molecule has 0 spiro atoms. The number of aliphatic hydroxyl groups excluding tert-OH is 1. The van der Waals surface area contributed by atoms with E-state index in [-0.39, 0.29) is 12.5 Å². The molecule has 0 aromatic carbocycles. The normalized spacial score (nSPS) is 21.8. The number of nitrogens with one attached hydrogen (secondary N) is 2. The van der Waals surface area contributed by atoms with E-state index in [4.69, 9.17) is 5.11 Å². The van der Waals surface area contributed by atoms with Crippen LogP contribution < -0.4 is 10.6 Å². The molecule has 0 aromatic heterocycles. The molecule has 3 N–H and O–H groups in total. The Morgan fingerprint density at radius 2 is 2.46 bits per heavy atom. The van der Waals surface area contributed by atoms with E-state index in [1.54, 1.807) is 0 Å². The summed E-state index contributed by atoms with van der Waals surface area (Å²) in [6.45, 7) is 1.76. The Labute approximate surface area is 78.7 Å². The van der Waals surface area contributed by atoms with Crippen LogP contribution in [-0.4, -0.2) is 36.8 Å².